The molecule has 1 atom stereocenters. The Kier molecular flexibility index (Phi) is 6.19. The molecule has 1 N–H and O–H groups in total. The quantitative estimate of drug-likeness (QED) is 0.685. The molecule has 154 valence electrons. The Hall–Kier alpha value is -3.05. The van der Waals surface area contributed by atoms with Gasteiger partial charge in [-0.3, -0.25) is 9.69 Å². The summed E-state index contributed by atoms with van der Waals surface area (Å²) < 4.78 is 0. The van der Waals surface area contributed by atoms with Gasteiger partial charge in [0, 0.05) is 38.1 Å². The number of amides is 1. The van der Waals surface area contributed by atoms with Crippen LogP contribution in [0.1, 0.15) is 24.0 Å². The predicted molar refractivity (Wildman–Crippen MR) is 119 cm³/mol. The summed E-state index contributed by atoms with van der Waals surface area (Å²) in [6, 6.07) is 18.8. The van der Waals surface area contributed by atoms with Gasteiger partial charge in [-0.1, -0.05) is 54.6 Å². The standard InChI is InChI=1S/C25H28N4O/c1-26-24(30)25(12-7-13-29(18-25)17-20-8-3-2-4-9-20)14-21-10-5-6-11-23(21)22-15-27-19-28-16-22/h2-6,8-11,15-16,19H,7,12-14,17-18H2,1H3,(H,26,30)/t25-/m1/s1. The summed E-state index contributed by atoms with van der Waals surface area (Å²) in [4.78, 5) is 24.0. The van der Waals surface area contributed by atoms with E-state index in [0.717, 1.165) is 49.2 Å². The molecule has 0 bridgehead atoms. The monoisotopic (exact) mass is 400 g/mol. The zero-order valence-electron chi connectivity index (χ0n) is 17.4. The van der Waals surface area contributed by atoms with E-state index in [1.165, 1.54) is 5.56 Å². The predicted octanol–water partition coefficient (Wildman–Crippen LogP) is 3.71. The lowest BCUT2D eigenvalue weighted by Crippen LogP contribution is -2.52. The van der Waals surface area contributed by atoms with E-state index < -0.39 is 5.41 Å². The van der Waals surface area contributed by atoms with Crippen molar-refractivity contribution >= 4 is 5.91 Å². The van der Waals surface area contributed by atoms with Crippen LogP contribution < -0.4 is 5.32 Å². The van der Waals surface area contributed by atoms with Crippen LogP contribution in [-0.2, 0) is 17.8 Å². The van der Waals surface area contributed by atoms with Crippen LogP contribution in [0.5, 0.6) is 0 Å². The first kappa shape index (κ1) is 20.2. The second kappa shape index (κ2) is 9.18. The highest BCUT2D eigenvalue weighted by atomic mass is 16.2. The van der Waals surface area contributed by atoms with Gasteiger partial charge in [-0.2, -0.15) is 0 Å². The van der Waals surface area contributed by atoms with Crippen molar-refractivity contribution in [2.75, 3.05) is 20.1 Å². The molecular formula is C25H28N4O. The first-order valence-corrected chi connectivity index (χ1v) is 10.5. The van der Waals surface area contributed by atoms with Crippen LogP contribution in [0, 0.1) is 5.41 Å². The van der Waals surface area contributed by atoms with E-state index in [2.05, 4.69) is 56.6 Å². The average molecular weight is 401 g/mol. The summed E-state index contributed by atoms with van der Waals surface area (Å²) in [5.74, 6) is 0.124. The molecule has 2 heterocycles. The first-order chi connectivity index (χ1) is 14.7. The summed E-state index contributed by atoms with van der Waals surface area (Å²) in [5.41, 5.74) is 4.08. The highest BCUT2D eigenvalue weighted by Gasteiger charge is 2.42. The smallest absolute Gasteiger partial charge is 0.227 e. The van der Waals surface area contributed by atoms with Crippen LogP contribution in [-0.4, -0.2) is 40.9 Å². The van der Waals surface area contributed by atoms with Crippen LogP contribution in [0.25, 0.3) is 11.1 Å². The SMILES string of the molecule is CNC(=O)[C@@]1(Cc2ccccc2-c2cncnc2)CCCN(Cc2ccccc2)C1. The zero-order valence-corrected chi connectivity index (χ0v) is 17.4. The largest absolute Gasteiger partial charge is 0.359 e. The van der Waals surface area contributed by atoms with Gasteiger partial charge in [0.05, 0.1) is 5.41 Å². The summed E-state index contributed by atoms with van der Waals surface area (Å²) in [5, 5.41) is 2.95. The molecule has 5 nitrogen and oxygen atoms in total. The van der Waals surface area contributed by atoms with E-state index >= 15 is 0 Å². The molecule has 0 spiro atoms. The summed E-state index contributed by atoms with van der Waals surface area (Å²) in [6.07, 6.45) is 7.81. The van der Waals surface area contributed by atoms with Crippen molar-refractivity contribution in [2.45, 2.75) is 25.8 Å². The van der Waals surface area contributed by atoms with Gasteiger partial charge < -0.3 is 5.32 Å². The van der Waals surface area contributed by atoms with Gasteiger partial charge in [0.1, 0.15) is 6.33 Å². The van der Waals surface area contributed by atoms with E-state index in [1.807, 2.05) is 30.6 Å². The van der Waals surface area contributed by atoms with Crippen molar-refractivity contribution in [1.82, 2.24) is 20.2 Å². The summed E-state index contributed by atoms with van der Waals surface area (Å²) >= 11 is 0. The Morgan fingerprint density at radius 2 is 1.80 bits per heavy atom. The fourth-order valence-electron chi connectivity index (χ4n) is 4.64. The molecule has 0 aliphatic carbocycles. The molecule has 1 aromatic heterocycles. The number of carbonyl (C=O) groups excluding carboxylic acids is 1. The Balaban J connectivity index is 1.63. The van der Waals surface area contributed by atoms with Crippen LogP contribution in [0.15, 0.2) is 73.3 Å². The van der Waals surface area contributed by atoms with Crippen molar-refractivity contribution in [2.24, 2.45) is 5.41 Å². The molecule has 0 radical (unpaired) electrons. The lowest BCUT2D eigenvalue weighted by atomic mass is 9.73. The van der Waals surface area contributed by atoms with Gasteiger partial charge in [-0.15, -0.1) is 0 Å². The van der Waals surface area contributed by atoms with Gasteiger partial charge in [0.2, 0.25) is 5.91 Å². The van der Waals surface area contributed by atoms with Gasteiger partial charge >= 0.3 is 0 Å². The zero-order chi connectivity index (χ0) is 20.8. The second-order valence-electron chi connectivity index (χ2n) is 8.12. The lowest BCUT2D eigenvalue weighted by Gasteiger charge is -2.42. The molecule has 1 aliphatic heterocycles. The van der Waals surface area contributed by atoms with Gasteiger partial charge in [-0.05, 0) is 42.5 Å². The van der Waals surface area contributed by atoms with Crippen LogP contribution in [0.3, 0.4) is 0 Å². The van der Waals surface area contributed by atoms with Gasteiger partial charge in [0.25, 0.3) is 0 Å². The van der Waals surface area contributed by atoms with Crippen molar-refractivity contribution in [3.05, 3.63) is 84.4 Å². The number of rotatable bonds is 6. The lowest BCUT2D eigenvalue weighted by molar-refractivity contribution is -0.134. The topological polar surface area (TPSA) is 58.1 Å². The Labute approximate surface area is 178 Å². The molecule has 1 aliphatic rings. The van der Waals surface area contributed by atoms with Crippen molar-refractivity contribution in [3.8, 4) is 11.1 Å². The third-order valence-electron chi connectivity index (χ3n) is 6.03. The summed E-state index contributed by atoms with van der Waals surface area (Å²) in [6.45, 7) is 2.64. The number of carbonyl (C=O) groups is 1. The van der Waals surface area contributed by atoms with Crippen molar-refractivity contribution in [1.29, 1.82) is 0 Å². The van der Waals surface area contributed by atoms with Gasteiger partial charge in [-0.25, -0.2) is 9.97 Å². The molecule has 4 rings (SSSR count). The normalized spacial score (nSPS) is 19.4. The highest BCUT2D eigenvalue weighted by molar-refractivity contribution is 5.83. The second-order valence-corrected chi connectivity index (χ2v) is 8.12. The average Bonchev–Trinajstić information content (AvgIpc) is 2.80. The maximum Gasteiger partial charge on any atom is 0.227 e. The molecule has 0 unspecified atom stereocenters. The van der Waals surface area contributed by atoms with Crippen LogP contribution in [0.2, 0.25) is 0 Å². The number of nitrogens with zero attached hydrogens (tertiary/aromatic N) is 3. The molecule has 0 saturated carbocycles. The molecule has 5 heteroatoms. The molecule has 1 fully saturated rings. The van der Waals surface area contributed by atoms with Crippen molar-refractivity contribution in [3.63, 3.8) is 0 Å². The van der Waals surface area contributed by atoms with E-state index in [4.69, 9.17) is 0 Å². The van der Waals surface area contributed by atoms with Gasteiger partial charge in [0.15, 0.2) is 0 Å². The molecule has 30 heavy (non-hydrogen) atoms. The molecular weight excluding hydrogens is 372 g/mol. The van der Waals surface area contributed by atoms with Crippen molar-refractivity contribution < 1.29 is 4.79 Å². The maximum atomic E-state index is 13.2. The third kappa shape index (κ3) is 4.41. The molecule has 3 aromatic rings. The van der Waals surface area contributed by atoms with Crippen LogP contribution in [0.4, 0.5) is 0 Å². The number of nitrogens with one attached hydrogen (secondary N) is 1. The fourth-order valence-corrected chi connectivity index (χ4v) is 4.64. The number of piperidine rings is 1. The Morgan fingerprint density at radius 1 is 1.07 bits per heavy atom. The van der Waals surface area contributed by atoms with E-state index in [0.29, 0.717) is 6.42 Å². The van der Waals surface area contributed by atoms with E-state index in [-0.39, 0.29) is 5.91 Å². The van der Waals surface area contributed by atoms with E-state index in [9.17, 15) is 4.79 Å². The number of hydrogen-bond donors (Lipinski definition) is 1. The summed E-state index contributed by atoms with van der Waals surface area (Å²) in [7, 11) is 1.75. The minimum Gasteiger partial charge on any atom is -0.359 e. The fraction of sp³-hybridized carbons (Fsp3) is 0.320. The highest BCUT2D eigenvalue weighted by Crippen LogP contribution is 2.37. The number of hydrogen-bond acceptors (Lipinski definition) is 4. The molecule has 1 amide bonds. The third-order valence-corrected chi connectivity index (χ3v) is 6.03. The first-order valence-electron chi connectivity index (χ1n) is 10.5. The Bertz CT molecular complexity index is 977. The molecule has 2 aromatic carbocycles. The number of aromatic nitrogens is 2. The maximum absolute atomic E-state index is 13.2. The molecule has 1 saturated heterocycles. The Morgan fingerprint density at radius 3 is 2.57 bits per heavy atom. The number of likely N-dealkylation sites (tertiary alicyclic amines) is 1. The number of benzene rings is 2. The van der Waals surface area contributed by atoms with E-state index in [1.54, 1.807) is 13.4 Å². The minimum atomic E-state index is -0.451. The minimum absolute atomic E-state index is 0.124. The van der Waals surface area contributed by atoms with Crippen LogP contribution >= 0.6 is 0 Å².